The van der Waals surface area contributed by atoms with Crippen molar-refractivity contribution >= 4 is 27.8 Å². The lowest BCUT2D eigenvalue weighted by Gasteiger charge is -2.20. The van der Waals surface area contributed by atoms with E-state index >= 15 is 0 Å². The van der Waals surface area contributed by atoms with Crippen LogP contribution in [0.1, 0.15) is 41.4 Å². The Bertz CT molecular complexity index is 596. The number of alkyl halides is 3. The third-order valence-corrected chi connectivity index (χ3v) is 4.44. The highest BCUT2D eigenvalue weighted by Gasteiger charge is 2.64. The second-order valence-electron chi connectivity index (χ2n) is 4.64. The van der Waals surface area contributed by atoms with Crippen LogP contribution in [-0.2, 0) is 0 Å². The van der Waals surface area contributed by atoms with Crippen molar-refractivity contribution in [3.8, 4) is 6.07 Å². The summed E-state index contributed by atoms with van der Waals surface area (Å²) < 4.78 is 38.7. The van der Waals surface area contributed by atoms with Gasteiger partial charge in [0.25, 0.3) is 0 Å². The van der Waals surface area contributed by atoms with E-state index in [1.54, 1.807) is 13.0 Å². The van der Waals surface area contributed by atoms with Gasteiger partial charge >= 0.3 is 6.18 Å². The molecular weight excluding hydrogens is 291 g/mol. The Morgan fingerprint density at radius 1 is 1.55 bits per heavy atom. The predicted molar refractivity (Wildman–Crippen MR) is 69.7 cm³/mol. The van der Waals surface area contributed by atoms with Crippen molar-refractivity contribution in [2.75, 3.05) is 11.1 Å². The number of thiophene rings is 1. The average molecular weight is 303 g/mol. The lowest BCUT2D eigenvalue weighted by atomic mass is 10.2. The molecule has 0 bridgehead atoms. The first-order valence-corrected chi connectivity index (χ1v) is 6.78. The molecule has 20 heavy (non-hydrogen) atoms. The minimum absolute atomic E-state index is 0.0247. The van der Waals surface area contributed by atoms with Crippen molar-refractivity contribution in [2.24, 2.45) is 0 Å². The number of carbonyl (C=O) groups is 1. The first-order chi connectivity index (χ1) is 9.25. The van der Waals surface area contributed by atoms with E-state index in [1.165, 1.54) is 0 Å². The number of hydrogen-bond donors (Lipinski definition) is 2. The van der Waals surface area contributed by atoms with Crippen LogP contribution < -0.4 is 11.1 Å². The quantitative estimate of drug-likeness (QED) is 0.836. The molecule has 1 heterocycles. The van der Waals surface area contributed by atoms with Gasteiger partial charge in [-0.15, -0.1) is 11.3 Å². The fraction of sp³-hybridized carbons (Fsp3) is 0.500. The van der Waals surface area contributed by atoms with Gasteiger partial charge in [0.15, 0.2) is 5.78 Å². The van der Waals surface area contributed by atoms with E-state index in [2.05, 4.69) is 5.32 Å². The van der Waals surface area contributed by atoms with Crippen molar-refractivity contribution in [1.29, 1.82) is 5.26 Å². The molecule has 3 N–H and O–H groups in total. The Kier molecular flexibility index (Phi) is 3.42. The smallest absolute Gasteiger partial charge is 0.396 e. The SMILES string of the molecule is CCC(=O)c1sc(NC2(C(F)(F)F)CC2)c(C#N)c1N. The molecule has 4 nitrogen and oxygen atoms in total. The van der Waals surface area contributed by atoms with Crippen LogP contribution in [0.2, 0.25) is 0 Å². The van der Waals surface area contributed by atoms with E-state index in [4.69, 9.17) is 11.0 Å². The number of anilines is 2. The van der Waals surface area contributed by atoms with Crippen LogP contribution >= 0.6 is 11.3 Å². The van der Waals surface area contributed by atoms with E-state index in [-0.39, 0.29) is 46.2 Å². The molecule has 1 fully saturated rings. The third kappa shape index (κ3) is 2.22. The zero-order chi connectivity index (χ0) is 15.1. The number of nitrogens with one attached hydrogen (secondary N) is 1. The zero-order valence-electron chi connectivity index (χ0n) is 10.6. The van der Waals surface area contributed by atoms with Crippen LogP contribution in [0, 0.1) is 11.3 Å². The van der Waals surface area contributed by atoms with E-state index in [0.29, 0.717) is 0 Å². The molecule has 1 aliphatic rings. The lowest BCUT2D eigenvalue weighted by molar-refractivity contribution is -0.151. The first-order valence-electron chi connectivity index (χ1n) is 5.96. The second kappa shape index (κ2) is 4.66. The maximum atomic E-state index is 12.9. The number of Topliss-reactive ketones (excluding diaryl/α,β-unsaturated/α-hetero) is 1. The number of nitriles is 1. The van der Waals surface area contributed by atoms with E-state index in [9.17, 15) is 18.0 Å². The monoisotopic (exact) mass is 303 g/mol. The Labute approximate surface area is 117 Å². The van der Waals surface area contributed by atoms with Gasteiger partial charge in [-0.2, -0.15) is 18.4 Å². The van der Waals surface area contributed by atoms with Crippen LogP contribution in [0.5, 0.6) is 0 Å². The molecule has 1 aromatic rings. The molecule has 0 aromatic carbocycles. The minimum Gasteiger partial charge on any atom is -0.396 e. The number of carbonyl (C=O) groups excluding carboxylic acids is 1. The van der Waals surface area contributed by atoms with Crippen LogP contribution in [-0.4, -0.2) is 17.5 Å². The average Bonchev–Trinajstić information content (AvgIpc) is 3.09. The normalized spacial score (nSPS) is 16.6. The molecule has 0 radical (unpaired) electrons. The predicted octanol–water partition coefficient (Wildman–Crippen LogP) is 3.30. The van der Waals surface area contributed by atoms with E-state index < -0.39 is 11.7 Å². The maximum Gasteiger partial charge on any atom is 0.411 e. The van der Waals surface area contributed by atoms with Crippen LogP contribution in [0.3, 0.4) is 0 Å². The molecule has 0 saturated heterocycles. The number of halogens is 3. The first kappa shape index (κ1) is 14.7. The highest BCUT2D eigenvalue weighted by Crippen LogP contribution is 2.53. The Morgan fingerprint density at radius 2 is 2.15 bits per heavy atom. The highest BCUT2D eigenvalue weighted by molar-refractivity contribution is 7.19. The molecule has 0 atom stereocenters. The summed E-state index contributed by atoms with van der Waals surface area (Å²) in [7, 11) is 0. The number of rotatable bonds is 4. The number of nitrogens with two attached hydrogens (primary N) is 1. The van der Waals surface area contributed by atoms with E-state index in [1.807, 2.05) is 0 Å². The molecule has 0 amide bonds. The van der Waals surface area contributed by atoms with Gasteiger partial charge in [-0.05, 0) is 12.8 Å². The largest absolute Gasteiger partial charge is 0.411 e. The highest BCUT2D eigenvalue weighted by atomic mass is 32.1. The van der Waals surface area contributed by atoms with Gasteiger partial charge in [-0.25, -0.2) is 0 Å². The van der Waals surface area contributed by atoms with Crippen molar-refractivity contribution in [1.82, 2.24) is 0 Å². The van der Waals surface area contributed by atoms with Crippen molar-refractivity contribution in [3.63, 3.8) is 0 Å². The molecule has 0 unspecified atom stereocenters. The van der Waals surface area contributed by atoms with Gasteiger partial charge in [-0.1, -0.05) is 6.92 Å². The fourth-order valence-corrected chi connectivity index (χ4v) is 3.01. The van der Waals surface area contributed by atoms with Gasteiger partial charge in [0, 0.05) is 6.42 Å². The Hall–Kier alpha value is -1.75. The number of nitrogens with zero attached hydrogens (tertiary/aromatic N) is 1. The van der Waals surface area contributed by atoms with Gasteiger partial charge in [-0.3, -0.25) is 4.79 Å². The van der Waals surface area contributed by atoms with Crippen molar-refractivity contribution < 1.29 is 18.0 Å². The Morgan fingerprint density at radius 3 is 2.55 bits per heavy atom. The summed E-state index contributed by atoms with van der Waals surface area (Å²) in [6.45, 7) is 1.62. The van der Waals surface area contributed by atoms with Crippen molar-refractivity contribution in [3.05, 3.63) is 10.4 Å². The summed E-state index contributed by atoms with van der Waals surface area (Å²) in [4.78, 5) is 11.8. The summed E-state index contributed by atoms with van der Waals surface area (Å²) >= 11 is 0.818. The minimum atomic E-state index is -4.40. The molecule has 0 aliphatic heterocycles. The fourth-order valence-electron chi connectivity index (χ4n) is 1.83. The number of hydrogen-bond acceptors (Lipinski definition) is 5. The topological polar surface area (TPSA) is 78.9 Å². The summed E-state index contributed by atoms with van der Waals surface area (Å²) in [5.74, 6) is -0.283. The molecule has 1 saturated carbocycles. The van der Waals surface area contributed by atoms with Gasteiger partial charge < -0.3 is 11.1 Å². The van der Waals surface area contributed by atoms with Gasteiger partial charge in [0.2, 0.25) is 0 Å². The zero-order valence-corrected chi connectivity index (χ0v) is 11.4. The van der Waals surface area contributed by atoms with Crippen LogP contribution in [0.25, 0.3) is 0 Å². The molecule has 108 valence electrons. The summed E-state index contributed by atoms with van der Waals surface area (Å²) in [5.41, 5.74) is 3.58. The number of ketones is 1. The molecule has 1 aliphatic carbocycles. The molecule has 1 aromatic heterocycles. The van der Waals surface area contributed by atoms with Crippen LogP contribution in [0.15, 0.2) is 0 Å². The maximum absolute atomic E-state index is 12.9. The van der Waals surface area contributed by atoms with Gasteiger partial charge in [0.1, 0.15) is 22.2 Å². The summed E-state index contributed by atoms with van der Waals surface area (Å²) in [6.07, 6.45) is -4.31. The third-order valence-electron chi connectivity index (χ3n) is 3.28. The number of nitrogen functional groups attached to an aromatic ring is 1. The molecule has 8 heteroatoms. The molecular formula is C12H12F3N3OS. The van der Waals surface area contributed by atoms with Crippen molar-refractivity contribution in [2.45, 2.75) is 37.9 Å². The van der Waals surface area contributed by atoms with E-state index in [0.717, 1.165) is 11.3 Å². The standard InChI is InChI=1S/C12H12F3N3OS/c1-2-7(19)9-8(17)6(5-16)10(20-9)18-11(3-4-11)12(13,14)15/h18H,2-4,17H2,1H3. The van der Waals surface area contributed by atoms with Crippen LogP contribution in [0.4, 0.5) is 23.9 Å². The molecule has 2 rings (SSSR count). The molecule has 0 spiro atoms. The lowest BCUT2D eigenvalue weighted by Crippen LogP contribution is -2.38. The van der Waals surface area contributed by atoms with Gasteiger partial charge in [0.05, 0.1) is 10.6 Å². The Balaban J connectivity index is 2.39. The second-order valence-corrected chi connectivity index (χ2v) is 5.66. The summed E-state index contributed by atoms with van der Waals surface area (Å²) in [5, 5.41) is 11.4. The summed E-state index contributed by atoms with van der Waals surface area (Å²) in [6, 6.07) is 1.77.